The smallest absolute Gasteiger partial charge is 0.445 e. The van der Waals surface area contributed by atoms with E-state index in [0.717, 1.165) is 5.56 Å². The Labute approximate surface area is 240 Å². The van der Waals surface area contributed by atoms with Crippen LogP contribution in [-0.4, -0.2) is 65.2 Å². The van der Waals surface area contributed by atoms with E-state index < -0.39 is 53.5 Å². The van der Waals surface area contributed by atoms with Gasteiger partial charge in [-0.25, -0.2) is 9.59 Å². The summed E-state index contributed by atoms with van der Waals surface area (Å²) >= 11 is 17.0. The third kappa shape index (κ3) is 10.5. The van der Waals surface area contributed by atoms with E-state index in [1.807, 2.05) is 36.4 Å². The van der Waals surface area contributed by atoms with E-state index in [1.165, 1.54) is 6.08 Å². The number of aliphatic hydroxyl groups excluding tert-OH is 1. The number of alkyl halides is 3. The minimum Gasteiger partial charge on any atom is -0.445 e. The Bertz CT molecular complexity index is 1060. The average molecular weight is 605 g/mol. The summed E-state index contributed by atoms with van der Waals surface area (Å²) in [6.45, 7) is 2.97. The minimum atomic E-state index is -1.87. The molecule has 5 atom stereocenters. The highest BCUT2D eigenvalue weighted by molar-refractivity contribution is 6.67. The fraction of sp³-hybridized carbons (Fsp3) is 0.385. The predicted octanol–water partition coefficient (Wildman–Crippen LogP) is 4.64. The third-order valence-corrected chi connectivity index (χ3v) is 5.58. The monoisotopic (exact) mass is 603 g/mol. The Balaban J connectivity index is 1.78. The predicted molar refractivity (Wildman–Crippen MR) is 142 cm³/mol. The van der Waals surface area contributed by atoms with Crippen molar-refractivity contribution >= 4 is 47.1 Å². The van der Waals surface area contributed by atoms with E-state index in [0.29, 0.717) is 5.56 Å². The first-order valence-electron chi connectivity index (χ1n) is 11.7. The van der Waals surface area contributed by atoms with Gasteiger partial charge >= 0.3 is 12.2 Å². The van der Waals surface area contributed by atoms with Crippen molar-refractivity contribution in [1.82, 2.24) is 5.32 Å². The Morgan fingerprint density at radius 3 is 2.15 bits per heavy atom. The van der Waals surface area contributed by atoms with Crippen molar-refractivity contribution in [3.8, 4) is 0 Å². The van der Waals surface area contributed by atoms with E-state index in [9.17, 15) is 14.7 Å². The van der Waals surface area contributed by atoms with E-state index in [4.69, 9.17) is 63.2 Å². The molecule has 2 aromatic rings. The molecule has 1 heterocycles. The molecule has 0 radical (unpaired) electrons. The summed E-state index contributed by atoms with van der Waals surface area (Å²) in [7, 11) is 0. The van der Waals surface area contributed by atoms with Crippen molar-refractivity contribution in [2.24, 2.45) is 0 Å². The Kier molecular flexibility index (Phi) is 12.1. The lowest BCUT2D eigenvalue weighted by molar-refractivity contribution is -0.328. The van der Waals surface area contributed by atoms with Gasteiger partial charge in [0.15, 0.2) is 18.7 Å². The van der Waals surface area contributed by atoms with Crippen LogP contribution in [0.3, 0.4) is 0 Å². The molecule has 10 nitrogen and oxygen atoms in total. The quantitative estimate of drug-likeness (QED) is 0.215. The number of halogens is 3. The molecule has 0 bridgehead atoms. The molecule has 1 aliphatic rings. The number of benzene rings is 2. The van der Waals surface area contributed by atoms with Crippen LogP contribution in [0.25, 0.3) is 0 Å². The highest BCUT2D eigenvalue weighted by Gasteiger charge is 2.50. The van der Waals surface area contributed by atoms with E-state index >= 15 is 0 Å². The zero-order valence-corrected chi connectivity index (χ0v) is 22.9. The number of rotatable bonds is 11. The molecule has 0 unspecified atom stereocenters. The lowest BCUT2D eigenvalue weighted by Crippen LogP contribution is -2.65. The lowest BCUT2D eigenvalue weighted by Gasteiger charge is -2.43. The first kappa shape index (κ1) is 31.0. The standard InChI is InChI=1S/C26H28Cl3NO9/c1-2-13-34-22-19(30-24(32)37-16-26(27,28)29)21(38-25(33)36-15-18-11-7-4-8-12-18)20(31)23(39-22)35-14-17-9-5-3-6-10-17/h2-12,19-23,31H,1,13-16H2,(H,30,32)/t19-,20+,21-,22+,23+/m1/s1. The van der Waals surface area contributed by atoms with Gasteiger partial charge < -0.3 is 38.8 Å². The molecule has 13 heteroatoms. The van der Waals surface area contributed by atoms with Gasteiger partial charge in [0.1, 0.15) is 25.4 Å². The highest BCUT2D eigenvalue weighted by Crippen LogP contribution is 2.28. The summed E-state index contributed by atoms with van der Waals surface area (Å²) in [6, 6.07) is 16.7. The van der Waals surface area contributed by atoms with Gasteiger partial charge in [-0.2, -0.15) is 0 Å². The first-order chi connectivity index (χ1) is 18.7. The van der Waals surface area contributed by atoms with Gasteiger partial charge in [0.05, 0.1) is 13.2 Å². The molecule has 0 saturated carbocycles. The minimum absolute atomic E-state index is 0.0152. The van der Waals surface area contributed by atoms with Gasteiger partial charge in [0.25, 0.3) is 0 Å². The van der Waals surface area contributed by atoms with Crippen molar-refractivity contribution in [2.75, 3.05) is 13.2 Å². The SMILES string of the molecule is C=CCO[C@H]1O[C@H](OCc2ccccc2)[C@@H](O)[C@H](OC(=O)OCc2ccccc2)[C@H]1NC(=O)OCC(Cl)(Cl)Cl. The van der Waals surface area contributed by atoms with E-state index in [1.54, 1.807) is 24.3 Å². The normalized spacial score (nSPS) is 22.9. The Hall–Kier alpha value is -2.57. The molecule has 2 aromatic carbocycles. The largest absolute Gasteiger partial charge is 0.509 e. The summed E-state index contributed by atoms with van der Waals surface area (Å²) in [5, 5.41) is 13.5. The van der Waals surface area contributed by atoms with Crippen molar-refractivity contribution < 1.29 is 43.1 Å². The van der Waals surface area contributed by atoms with Gasteiger partial charge in [-0.15, -0.1) is 6.58 Å². The van der Waals surface area contributed by atoms with Crippen LogP contribution in [0.1, 0.15) is 11.1 Å². The topological polar surface area (TPSA) is 122 Å². The van der Waals surface area contributed by atoms with Gasteiger partial charge in [-0.3, -0.25) is 0 Å². The Morgan fingerprint density at radius 1 is 0.949 bits per heavy atom. The number of alkyl carbamates (subject to hydrolysis) is 1. The average Bonchev–Trinajstić information content (AvgIpc) is 2.92. The van der Waals surface area contributed by atoms with Crippen LogP contribution in [0.5, 0.6) is 0 Å². The molecule has 1 aliphatic heterocycles. The van der Waals surface area contributed by atoms with Crippen molar-refractivity contribution in [3.63, 3.8) is 0 Å². The molecule has 0 aromatic heterocycles. The molecule has 1 amide bonds. The molecule has 0 spiro atoms. The molecule has 39 heavy (non-hydrogen) atoms. The molecule has 3 rings (SSSR count). The molecular formula is C26H28Cl3NO9. The number of nitrogens with one attached hydrogen (secondary N) is 1. The number of ether oxygens (including phenoxy) is 6. The fourth-order valence-electron chi connectivity index (χ4n) is 3.50. The van der Waals surface area contributed by atoms with Crippen LogP contribution in [0.2, 0.25) is 0 Å². The lowest BCUT2D eigenvalue weighted by atomic mass is 10.0. The van der Waals surface area contributed by atoms with Crippen molar-refractivity contribution in [1.29, 1.82) is 0 Å². The van der Waals surface area contributed by atoms with Crippen LogP contribution in [0.15, 0.2) is 73.3 Å². The van der Waals surface area contributed by atoms with Crippen LogP contribution in [0.4, 0.5) is 9.59 Å². The molecular weight excluding hydrogens is 577 g/mol. The number of amides is 1. The van der Waals surface area contributed by atoms with Crippen LogP contribution in [-0.2, 0) is 41.6 Å². The Morgan fingerprint density at radius 2 is 1.56 bits per heavy atom. The maximum atomic E-state index is 12.6. The van der Waals surface area contributed by atoms with E-state index in [-0.39, 0.29) is 19.8 Å². The number of aliphatic hydroxyl groups is 1. The van der Waals surface area contributed by atoms with E-state index in [2.05, 4.69) is 11.9 Å². The summed E-state index contributed by atoms with van der Waals surface area (Å²) in [5.41, 5.74) is 1.51. The maximum Gasteiger partial charge on any atom is 0.509 e. The molecule has 0 aliphatic carbocycles. The summed E-state index contributed by atoms with van der Waals surface area (Å²) in [4.78, 5) is 25.1. The van der Waals surface area contributed by atoms with Gasteiger partial charge in [0, 0.05) is 0 Å². The summed E-state index contributed by atoms with van der Waals surface area (Å²) < 4.78 is 30.9. The summed E-state index contributed by atoms with van der Waals surface area (Å²) in [6.07, 6.45) is -6.37. The number of hydrogen-bond donors (Lipinski definition) is 2. The number of carbonyl (C=O) groups excluding carboxylic acids is 2. The van der Waals surface area contributed by atoms with Crippen LogP contribution in [0, 0.1) is 0 Å². The van der Waals surface area contributed by atoms with Gasteiger partial charge in [-0.1, -0.05) is 102 Å². The molecule has 1 saturated heterocycles. The highest BCUT2D eigenvalue weighted by atomic mass is 35.6. The molecule has 2 N–H and O–H groups in total. The number of hydrogen-bond acceptors (Lipinski definition) is 9. The second-order valence-electron chi connectivity index (χ2n) is 8.25. The zero-order valence-electron chi connectivity index (χ0n) is 20.6. The second-order valence-corrected chi connectivity index (χ2v) is 10.8. The maximum absolute atomic E-state index is 12.6. The fourth-order valence-corrected chi connectivity index (χ4v) is 3.66. The molecule has 1 fully saturated rings. The zero-order chi connectivity index (χ0) is 28.3. The molecule has 212 valence electrons. The van der Waals surface area contributed by atoms with Crippen molar-refractivity contribution in [3.05, 3.63) is 84.4 Å². The van der Waals surface area contributed by atoms with Crippen LogP contribution < -0.4 is 5.32 Å². The van der Waals surface area contributed by atoms with Crippen LogP contribution >= 0.6 is 34.8 Å². The third-order valence-electron chi connectivity index (χ3n) is 5.25. The van der Waals surface area contributed by atoms with Crippen molar-refractivity contribution in [2.45, 2.75) is 47.8 Å². The summed E-state index contributed by atoms with van der Waals surface area (Å²) in [5.74, 6) is 0. The number of carbonyl (C=O) groups is 2. The van der Waals surface area contributed by atoms with Gasteiger partial charge in [-0.05, 0) is 11.1 Å². The first-order valence-corrected chi connectivity index (χ1v) is 12.9. The second kappa shape index (κ2) is 15.3. The van der Waals surface area contributed by atoms with Gasteiger partial charge in [0.2, 0.25) is 3.79 Å².